The quantitative estimate of drug-likeness (QED) is 0.482. The lowest BCUT2D eigenvalue weighted by Crippen LogP contribution is -2.34. The van der Waals surface area contributed by atoms with E-state index in [1.165, 1.54) is 0 Å². The van der Waals surface area contributed by atoms with Crippen LogP contribution < -0.4 is 16.0 Å². The summed E-state index contributed by atoms with van der Waals surface area (Å²) >= 11 is 8.54. The van der Waals surface area contributed by atoms with Crippen molar-refractivity contribution in [1.29, 1.82) is 0 Å². The Bertz CT molecular complexity index is 1020. The van der Waals surface area contributed by atoms with Gasteiger partial charge in [0, 0.05) is 22.3 Å². The number of halogens is 1. The second kappa shape index (κ2) is 9.95. The zero-order chi connectivity index (χ0) is 20.6. The van der Waals surface area contributed by atoms with E-state index in [1.54, 1.807) is 42.5 Å². The molecule has 0 atom stereocenters. The van der Waals surface area contributed by atoms with Crippen molar-refractivity contribution < 1.29 is 9.59 Å². The number of hydrogen-bond donors (Lipinski definition) is 3. The van der Waals surface area contributed by atoms with Gasteiger partial charge in [0.1, 0.15) is 0 Å². The van der Waals surface area contributed by atoms with Gasteiger partial charge >= 0.3 is 0 Å². The number of carbonyl (C=O) groups is 2. The van der Waals surface area contributed by atoms with Crippen molar-refractivity contribution in [3.8, 4) is 0 Å². The molecule has 3 aromatic carbocycles. The molecule has 3 aromatic rings. The fourth-order valence-electron chi connectivity index (χ4n) is 2.56. The molecule has 0 aliphatic rings. The van der Waals surface area contributed by atoms with E-state index < -0.39 is 0 Å². The van der Waals surface area contributed by atoms with Crippen LogP contribution in [0, 0.1) is 0 Å². The maximum absolute atomic E-state index is 12.3. The summed E-state index contributed by atoms with van der Waals surface area (Å²) in [4.78, 5) is 24.5. The van der Waals surface area contributed by atoms with E-state index in [1.807, 2.05) is 36.4 Å². The van der Waals surface area contributed by atoms with Gasteiger partial charge < -0.3 is 10.6 Å². The van der Waals surface area contributed by atoms with Gasteiger partial charge in [-0.2, -0.15) is 0 Å². The summed E-state index contributed by atoms with van der Waals surface area (Å²) in [7, 11) is 0. The molecule has 0 aliphatic carbocycles. The fourth-order valence-corrected chi connectivity index (χ4v) is 3.24. The Hall–Kier alpha value is -3.03. The first kappa shape index (κ1) is 20.7. The number of hydrogen-bond acceptors (Lipinski definition) is 3. The third-order valence-electron chi connectivity index (χ3n) is 4.05. The predicted octanol–water partition coefficient (Wildman–Crippen LogP) is 4.51. The summed E-state index contributed by atoms with van der Waals surface area (Å²) in [5, 5.41) is 8.62. The smallest absolute Gasteiger partial charge is 0.258 e. The highest BCUT2D eigenvalue weighted by molar-refractivity contribution is 9.10. The molecule has 29 heavy (non-hydrogen) atoms. The zero-order valence-corrected chi connectivity index (χ0v) is 17.7. The number of thiocarbonyl (C=S) groups is 1. The first-order valence-corrected chi connectivity index (χ1v) is 10.0. The number of rotatable bonds is 5. The Labute approximate surface area is 182 Å². The molecule has 7 heteroatoms. The van der Waals surface area contributed by atoms with Crippen LogP contribution >= 0.6 is 28.1 Å². The first-order valence-electron chi connectivity index (χ1n) is 8.82. The van der Waals surface area contributed by atoms with Crippen LogP contribution in [0.1, 0.15) is 26.3 Å². The number of benzene rings is 3. The summed E-state index contributed by atoms with van der Waals surface area (Å²) in [6, 6.07) is 23.6. The van der Waals surface area contributed by atoms with E-state index in [2.05, 4.69) is 31.9 Å². The summed E-state index contributed by atoms with van der Waals surface area (Å²) in [6.07, 6.45) is 0. The maximum Gasteiger partial charge on any atom is 0.258 e. The summed E-state index contributed by atoms with van der Waals surface area (Å²) in [6.45, 7) is 0.463. The topological polar surface area (TPSA) is 70.2 Å². The van der Waals surface area contributed by atoms with Crippen LogP contribution in [0.15, 0.2) is 83.3 Å². The molecule has 0 heterocycles. The van der Waals surface area contributed by atoms with Crippen LogP contribution in [0.4, 0.5) is 5.69 Å². The van der Waals surface area contributed by atoms with Crippen molar-refractivity contribution in [2.75, 3.05) is 5.32 Å². The van der Waals surface area contributed by atoms with Gasteiger partial charge in [-0.25, -0.2) is 0 Å². The van der Waals surface area contributed by atoms with E-state index in [4.69, 9.17) is 12.2 Å². The number of carbonyl (C=O) groups excluding carboxylic acids is 2. The van der Waals surface area contributed by atoms with Gasteiger partial charge in [-0.1, -0.05) is 42.5 Å². The molecule has 0 saturated carbocycles. The van der Waals surface area contributed by atoms with Crippen molar-refractivity contribution >= 4 is 50.8 Å². The van der Waals surface area contributed by atoms with Crippen LogP contribution in [0.5, 0.6) is 0 Å². The Kier molecular flexibility index (Phi) is 7.10. The fraction of sp³-hybridized carbons (Fsp3) is 0.0455. The van der Waals surface area contributed by atoms with Gasteiger partial charge in [-0.15, -0.1) is 0 Å². The van der Waals surface area contributed by atoms with Crippen molar-refractivity contribution in [1.82, 2.24) is 10.6 Å². The molecule has 0 radical (unpaired) electrons. The summed E-state index contributed by atoms with van der Waals surface area (Å²) < 4.78 is 0.686. The molecular formula is C22H18BrN3O2S. The summed E-state index contributed by atoms with van der Waals surface area (Å²) in [5.74, 6) is -0.475. The van der Waals surface area contributed by atoms with E-state index in [-0.39, 0.29) is 16.9 Å². The van der Waals surface area contributed by atoms with Crippen LogP contribution in [0.25, 0.3) is 0 Å². The average Bonchev–Trinajstić information content (AvgIpc) is 2.73. The molecule has 0 saturated heterocycles. The lowest BCUT2D eigenvalue weighted by Gasteiger charge is -2.11. The van der Waals surface area contributed by atoms with Gasteiger partial charge in [0.05, 0.1) is 5.56 Å². The number of nitrogens with one attached hydrogen (secondary N) is 3. The lowest BCUT2D eigenvalue weighted by molar-refractivity contribution is 0.0948. The van der Waals surface area contributed by atoms with Gasteiger partial charge in [-0.3, -0.25) is 14.9 Å². The molecule has 3 N–H and O–H groups in total. The predicted molar refractivity (Wildman–Crippen MR) is 122 cm³/mol. The largest absolute Gasteiger partial charge is 0.348 e. The van der Waals surface area contributed by atoms with Crippen LogP contribution in [-0.2, 0) is 6.54 Å². The summed E-state index contributed by atoms with van der Waals surface area (Å²) in [5.41, 5.74) is 2.73. The Morgan fingerprint density at radius 1 is 0.828 bits per heavy atom. The van der Waals surface area contributed by atoms with Crippen molar-refractivity contribution in [2.24, 2.45) is 0 Å². The van der Waals surface area contributed by atoms with Crippen LogP contribution in [0.2, 0.25) is 0 Å². The monoisotopic (exact) mass is 467 g/mol. The number of anilines is 1. The lowest BCUT2D eigenvalue weighted by atomic mass is 10.2. The zero-order valence-electron chi connectivity index (χ0n) is 15.3. The molecule has 0 spiro atoms. The average molecular weight is 468 g/mol. The molecular weight excluding hydrogens is 450 g/mol. The molecule has 0 fully saturated rings. The third kappa shape index (κ3) is 5.97. The maximum atomic E-state index is 12.3. The second-order valence-corrected chi connectivity index (χ2v) is 7.40. The van der Waals surface area contributed by atoms with Crippen molar-refractivity contribution in [2.45, 2.75) is 6.54 Å². The van der Waals surface area contributed by atoms with Crippen LogP contribution in [0.3, 0.4) is 0 Å². The Morgan fingerprint density at radius 3 is 2.17 bits per heavy atom. The highest BCUT2D eigenvalue weighted by atomic mass is 79.9. The number of amides is 2. The highest BCUT2D eigenvalue weighted by Crippen LogP contribution is 2.16. The molecule has 0 bridgehead atoms. The van der Waals surface area contributed by atoms with E-state index >= 15 is 0 Å². The SMILES string of the molecule is O=C(NCc1ccccc1)c1ccc(NC(=S)NC(=O)c2ccccc2Br)cc1. The molecule has 5 nitrogen and oxygen atoms in total. The minimum Gasteiger partial charge on any atom is -0.348 e. The van der Waals surface area contributed by atoms with Gasteiger partial charge in [-0.05, 0) is 70.1 Å². The van der Waals surface area contributed by atoms with Gasteiger partial charge in [0.2, 0.25) is 0 Å². The van der Waals surface area contributed by atoms with Crippen LogP contribution in [-0.4, -0.2) is 16.9 Å². The van der Waals surface area contributed by atoms with Gasteiger partial charge in [0.25, 0.3) is 11.8 Å². The molecule has 2 amide bonds. The van der Waals surface area contributed by atoms with E-state index in [9.17, 15) is 9.59 Å². The second-order valence-electron chi connectivity index (χ2n) is 6.13. The molecule has 0 aliphatic heterocycles. The Balaban J connectivity index is 1.53. The standard InChI is InChI=1S/C22H18BrN3O2S/c23-19-9-5-4-8-18(19)21(28)26-22(29)25-17-12-10-16(11-13-17)20(27)24-14-15-6-2-1-3-7-15/h1-13H,14H2,(H,24,27)(H2,25,26,28,29). The van der Waals surface area contributed by atoms with Gasteiger partial charge in [0.15, 0.2) is 5.11 Å². The molecule has 0 aromatic heterocycles. The third-order valence-corrected chi connectivity index (χ3v) is 4.94. The Morgan fingerprint density at radius 2 is 1.48 bits per heavy atom. The molecule has 3 rings (SSSR count). The van der Waals surface area contributed by atoms with E-state index in [0.29, 0.717) is 27.8 Å². The first-order chi connectivity index (χ1) is 14.0. The van der Waals surface area contributed by atoms with Crippen molar-refractivity contribution in [3.05, 3.63) is 100 Å². The highest BCUT2D eigenvalue weighted by Gasteiger charge is 2.11. The minimum atomic E-state index is -0.313. The molecule has 0 unspecified atom stereocenters. The molecule has 146 valence electrons. The van der Waals surface area contributed by atoms with E-state index in [0.717, 1.165) is 5.56 Å². The van der Waals surface area contributed by atoms with Crippen molar-refractivity contribution in [3.63, 3.8) is 0 Å². The normalized spacial score (nSPS) is 10.1. The minimum absolute atomic E-state index is 0.162.